The Hall–Kier alpha value is -1.38. The van der Waals surface area contributed by atoms with Crippen molar-refractivity contribution < 1.29 is 9.47 Å². The van der Waals surface area contributed by atoms with E-state index in [0.29, 0.717) is 24.0 Å². The highest BCUT2D eigenvalue weighted by atomic mass is 16.5. The minimum Gasteiger partial charge on any atom is -0.372 e. The lowest BCUT2D eigenvalue weighted by atomic mass is 9.56. The molecule has 2 fully saturated rings. The van der Waals surface area contributed by atoms with Gasteiger partial charge in [-0.05, 0) is 139 Å². The van der Waals surface area contributed by atoms with Gasteiger partial charge in [0.1, 0.15) is 0 Å². The van der Waals surface area contributed by atoms with E-state index in [1.807, 2.05) is 0 Å². The first-order valence-electron chi connectivity index (χ1n) is 16.7. The van der Waals surface area contributed by atoms with E-state index in [1.165, 1.54) is 51.4 Å². The fraction of sp³-hybridized carbons (Fsp3) is 0.737. The van der Waals surface area contributed by atoms with Gasteiger partial charge in [0.2, 0.25) is 0 Å². The third kappa shape index (κ3) is 4.24. The predicted octanol–water partition coefficient (Wildman–Crippen LogP) is 9.32. The van der Waals surface area contributed by atoms with Gasteiger partial charge in [0.05, 0.1) is 23.4 Å². The monoisotopic (exact) mass is 542 g/mol. The molecule has 0 spiro atoms. The molecule has 6 aliphatic carbocycles. The van der Waals surface area contributed by atoms with E-state index in [1.54, 1.807) is 22.3 Å². The van der Waals surface area contributed by atoms with Crippen LogP contribution in [0.15, 0.2) is 36.4 Å². The zero-order valence-corrected chi connectivity index (χ0v) is 26.6. The molecule has 0 radical (unpaired) electrons. The van der Waals surface area contributed by atoms with Gasteiger partial charge in [0.25, 0.3) is 0 Å². The molecular weight excluding hydrogens is 488 g/mol. The highest BCUT2D eigenvalue weighted by molar-refractivity contribution is 5.49. The number of benzene rings is 1. The zero-order chi connectivity index (χ0) is 28.2. The molecule has 0 amide bonds. The van der Waals surface area contributed by atoms with Crippen molar-refractivity contribution in [3.63, 3.8) is 0 Å². The van der Waals surface area contributed by atoms with E-state index in [2.05, 4.69) is 91.8 Å². The second-order valence-electron chi connectivity index (χ2n) is 17.0. The quantitative estimate of drug-likeness (QED) is 0.347. The summed E-state index contributed by atoms with van der Waals surface area (Å²) in [6.45, 7) is 18.3. The first-order valence-corrected chi connectivity index (χ1v) is 16.7. The summed E-state index contributed by atoms with van der Waals surface area (Å²) in [5.74, 6) is 4.20. The summed E-state index contributed by atoms with van der Waals surface area (Å²) in [6, 6.07) is 5.37. The smallest absolute Gasteiger partial charge is 0.0673 e. The van der Waals surface area contributed by atoms with Gasteiger partial charge >= 0.3 is 0 Å². The van der Waals surface area contributed by atoms with Crippen LogP contribution in [0, 0.1) is 34.5 Å². The second-order valence-corrected chi connectivity index (χ2v) is 17.0. The van der Waals surface area contributed by atoms with Crippen molar-refractivity contribution >= 4 is 0 Å². The SMILES string of the molecule is CC(C)(C)O[C@H]1CC[C@H]2[C@@H]3CCc4cc5c(cc4[C@@H]3C=C[C@]12C)CC[C@@H]1[C@H]5C=C[C@]2(C)[C@@H](OC(C)(C)C)CC[C@@H]12. The maximum Gasteiger partial charge on any atom is 0.0673 e. The highest BCUT2D eigenvalue weighted by Gasteiger charge is 2.56. The molecule has 1 aromatic carbocycles. The lowest BCUT2D eigenvalue weighted by Gasteiger charge is -2.49. The average molecular weight is 543 g/mol. The van der Waals surface area contributed by atoms with E-state index in [-0.39, 0.29) is 22.0 Å². The van der Waals surface area contributed by atoms with Crippen LogP contribution in [0.25, 0.3) is 0 Å². The minimum absolute atomic E-state index is 0.0760. The number of hydrogen-bond donors (Lipinski definition) is 0. The molecule has 2 heteroatoms. The Morgan fingerprint density at radius 2 is 1.00 bits per heavy atom. The van der Waals surface area contributed by atoms with Crippen molar-refractivity contribution in [2.45, 2.75) is 142 Å². The van der Waals surface area contributed by atoms with Crippen LogP contribution in [0.2, 0.25) is 0 Å². The van der Waals surface area contributed by atoms with Gasteiger partial charge in [0.15, 0.2) is 0 Å². The number of rotatable bonds is 2. The summed E-state index contributed by atoms with van der Waals surface area (Å²) in [7, 11) is 0. The van der Waals surface area contributed by atoms with Crippen molar-refractivity contribution in [3.05, 3.63) is 58.7 Å². The van der Waals surface area contributed by atoms with Crippen LogP contribution in [0.5, 0.6) is 0 Å². The molecule has 7 rings (SSSR count). The Bertz CT molecular complexity index is 1130. The van der Waals surface area contributed by atoms with Crippen LogP contribution in [0.4, 0.5) is 0 Å². The Labute approximate surface area is 244 Å². The molecule has 40 heavy (non-hydrogen) atoms. The number of fused-ring (bicyclic) bond motifs is 10. The molecule has 10 atom stereocenters. The van der Waals surface area contributed by atoms with Crippen LogP contribution >= 0.6 is 0 Å². The molecule has 0 N–H and O–H groups in total. The van der Waals surface area contributed by atoms with Crippen molar-refractivity contribution in [1.29, 1.82) is 0 Å². The fourth-order valence-electron chi connectivity index (χ4n) is 10.7. The van der Waals surface area contributed by atoms with E-state index >= 15 is 0 Å². The number of allylic oxidation sites excluding steroid dienone is 2. The Morgan fingerprint density at radius 1 is 0.600 bits per heavy atom. The molecule has 218 valence electrons. The molecule has 0 saturated heterocycles. The molecular formula is C38H54O2. The summed E-state index contributed by atoms with van der Waals surface area (Å²) >= 11 is 0. The highest BCUT2D eigenvalue weighted by Crippen LogP contribution is 2.61. The molecule has 1 aromatic rings. The summed E-state index contributed by atoms with van der Waals surface area (Å²) in [4.78, 5) is 0. The van der Waals surface area contributed by atoms with E-state index in [0.717, 1.165) is 23.7 Å². The summed E-state index contributed by atoms with van der Waals surface area (Å²) in [5, 5.41) is 0. The van der Waals surface area contributed by atoms with Gasteiger partial charge in [-0.25, -0.2) is 0 Å². The third-order valence-corrected chi connectivity index (χ3v) is 12.4. The van der Waals surface area contributed by atoms with Crippen LogP contribution in [0.1, 0.15) is 128 Å². The maximum absolute atomic E-state index is 6.65. The van der Waals surface area contributed by atoms with Gasteiger partial charge in [-0.3, -0.25) is 0 Å². The maximum atomic E-state index is 6.65. The molecule has 0 aromatic heterocycles. The predicted molar refractivity (Wildman–Crippen MR) is 165 cm³/mol. The number of aryl methyl sites for hydroxylation is 2. The summed E-state index contributed by atoms with van der Waals surface area (Å²) in [6.07, 6.45) is 21.3. The summed E-state index contributed by atoms with van der Waals surface area (Å²) < 4.78 is 13.3. The lowest BCUT2D eigenvalue weighted by Crippen LogP contribution is -2.44. The molecule has 0 unspecified atom stereocenters. The van der Waals surface area contributed by atoms with Crippen LogP contribution in [-0.2, 0) is 22.3 Å². The van der Waals surface area contributed by atoms with E-state index < -0.39 is 0 Å². The molecule has 0 aliphatic heterocycles. The van der Waals surface area contributed by atoms with Gasteiger partial charge in [0, 0.05) is 22.7 Å². The molecule has 6 aliphatic rings. The largest absolute Gasteiger partial charge is 0.372 e. The average Bonchev–Trinajstić information content (AvgIpc) is 3.37. The van der Waals surface area contributed by atoms with Crippen molar-refractivity contribution in [3.8, 4) is 0 Å². The van der Waals surface area contributed by atoms with E-state index in [4.69, 9.17) is 9.47 Å². The van der Waals surface area contributed by atoms with Crippen molar-refractivity contribution in [2.24, 2.45) is 34.5 Å². The van der Waals surface area contributed by atoms with Gasteiger partial charge in [-0.15, -0.1) is 0 Å². The Kier molecular flexibility index (Phi) is 6.22. The van der Waals surface area contributed by atoms with Gasteiger partial charge in [-0.1, -0.05) is 50.3 Å². The van der Waals surface area contributed by atoms with Crippen LogP contribution < -0.4 is 0 Å². The lowest BCUT2D eigenvalue weighted by molar-refractivity contribution is -0.101. The van der Waals surface area contributed by atoms with Crippen LogP contribution in [0.3, 0.4) is 0 Å². The molecule has 2 nitrogen and oxygen atoms in total. The third-order valence-electron chi connectivity index (χ3n) is 12.4. The standard InChI is InChI=1S/C38H54O2/c1-35(2,3)39-33-15-13-31-27-11-9-23-22-30-24(21-29(23)25(27)17-19-37(31,33)7)10-12-28-26(30)18-20-38(8)32(28)14-16-34(38)40-36(4,5)6/h17-22,25-28,31-34H,9-16H2,1-8H3/t25-,26-,27-,28-,31+,32+,33+,34+,37+,38+/m1/s1. The van der Waals surface area contributed by atoms with Gasteiger partial charge < -0.3 is 9.47 Å². The minimum atomic E-state index is -0.0760. The van der Waals surface area contributed by atoms with E-state index in [9.17, 15) is 0 Å². The zero-order valence-electron chi connectivity index (χ0n) is 26.6. The van der Waals surface area contributed by atoms with Crippen molar-refractivity contribution in [1.82, 2.24) is 0 Å². The molecule has 0 heterocycles. The first kappa shape index (κ1) is 27.5. The van der Waals surface area contributed by atoms with Crippen molar-refractivity contribution in [2.75, 3.05) is 0 Å². The Morgan fingerprint density at radius 3 is 1.38 bits per heavy atom. The first-order chi connectivity index (χ1) is 18.8. The summed E-state index contributed by atoms with van der Waals surface area (Å²) in [5.41, 5.74) is 6.84. The normalized spacial score (nSPS) is 43.4. The second kappa shape index (κ2) is 9.06. The van der Waals surface area contributed by atoms with Crippen LogP contribution in [-0.4, -0.2) is 23.4 Å². The van der Waals surface area contributed by atoms with Gasteiger partial charge in [-0.2, -0.15) is 0 Å². The Balaban J connectivity index is 1.18. The number of ether oxygens (including phenoxy) is 2. The topological polar surface area (TPSA) is 18.5 Å². The number of hydrogen-bond acceptors (Lipinski definition) is 2. The fourth-order valence-corrected chi connectivity index (χ4v) is 10.7. The molecule has 2 saturated carbocycles. The molecule has 0 bridgehead atoms.